The van der Waals surface area contributed by atoms with Crippen molar-refractivity contribution in [1.29, 1.82) is 0 Å². The molecule has 0 radical (unpaired) electrons. The van der Waals surface area contributed by atoms with E-state index < -0.39 is 17.9 Å². The van der Waals surface area contributed by atoms with E-state index in [0.717, 1.165) is 5.69 Å². The molecule has 1 aliphatic heterocycles. The van der Waals surface area contributed by atoms with E-state index in [1.807, 2.05) is 41.9 Å². The molecule has 192 valence electrons. The van der Waals surface area contributed by atoms with Gasteiger partial charge in [0.1, 0.15) is 0 Å². The highest BCUT2D eigenvalue weighted by atomic mass is 16.5. The fourth-order valence-corrected chi connectivity index (χ4v) is 4.53. The summed E-state index contributed by atoms with van der Waals surface area (Å²) < 4.78 is 12.5. The second-order valence-electron chi connectivity index (χ2n) is 8.47. The first-order chi connectivity index (χ1) is 17.9. The highest BCUT2D eigenvalue weighted by Gasteiger charge is 2.40. The predicted molar refractivity (Wildman–Crippen MR) is 141 cm³/mol. The number of aromatic nitrogens is 2. The zero-order valence-electron chi connectivity index (χ0n) is 21.2. The third-order valence-electron chi connectivity index (χ3n) is 6.08. The quantitative estimate of drug-likeness (QED) is 0.334. The van der Waals surface area contributed by atoms with Gasteiger partial charge < -0.3 is 25.5 Å². The number of carbonyl (C=O) groups is 2. The molecular weight excluding hydrogens is 472 g/mol. The van der Waals surface area contributed by atoms with Crippen molar-refractivity contribution < 1.29 is 19.1 Å². The van der Waals surface area contributed by atoms with Crippen LogP contribution < -0.4 is 10.8 Å². The van der Waals surface area contributed by atoms with Crippen LogP contribution in [0.2, 0.25) is 0 Å². The van der Waals surface area contributed by atoms with E-state index in [4.69, 9.17) is 14.6 Å². The Bertz CT molecular complexity index is 1330. The van der Waals surface area contributed by atoms with Gasteiger partial charge in [-0.2, -0.15) is 5.10 Å². The number of anilines is 1. The number of hydrogen-bond donors (Lipinski definition) is 2. The summed E-state index contributed by atoms with van der Waals surface area (Å²) >= 11 is 0. The van der Waals surface area contributed by atoms with Gasteiger partial charge in [-0.15, -0.1) is 0 Å². The molecule has 1 aromatic heterocycles. The van der Waals surface area contributed by atoms with Crippen LogP contribution in [0.3, 0.4) is 0 Å². The molecule has 0 bridgehead atoms. The highest BCUT2D eigenvalue weighted by molar-refractivity contribution is 6.00. The Labute approximate surface area is 215 Å². The molecule has 37 heavy (non-hydrogen) atoms. The fraction of sp³-hybridized carbons (Fsp3) is 0.250. The molecule has 9 heteroatoms. The van der Waals surface area contributed by atoms with Crippen LogP contribution in [0.15, 0.2) is 83.3 Å². The topological polar surface area (TPSA) is 118 Å². The molecule has 0 saturated carbocycles. The Balaban J connectivity index is 2.02. The number of carbonyl (C=O) groups excluding carboxylic acids is 2. The van der Waals surface area contributed by atoms with E-state index in [1.165, 1.54) is 0 Å². The molecule has 1 aliphatic rings. The van der Waals surface area contributed by atoms with Crippen molar-refractivity contribution in [2.45, 2.75) is 33.6 Å². The maximum atomic E-state index is 13.3. The Morgan fingerprint density at radius 2 is 1.59 bits per heavy atom. The van der Waals surface area contributed by atoms with Gasteiger partial charge in [0, 0.05) is 34.4 Å². The number of nitrogens with zero attached hydrogens (tertiary/aromatic N) is 2. The van der Waals surface area contributed by atoms with Crippen LogP contribution in [-0.2, 0) is 19.1 Å². The number of para-hydroxylation sites is 1. The van der Waals surface area contributed by atoms with Crippen molar-refractivity contribution in [2.24, 2.45) is 0 Å². The monoisotopic (exact) mass is 501 g/mol. The van der Waals surface area contributed by atoms with Crippen molar-refractivity contribution in [3.05, 3.63) is 94.1 Å². The molecule has 2 aromatic carbocycles. The summed E-state index contributed by atoms with van der Waals surface area (Å²) in [6, 6.07) is 16.4. The smallest absolute Gasteiger partial charge is 0.336 e. The molecule has 0 saturated heterocycles. The molecule has 0 atom stereocenters. The van der Waals surface area contributed by atoms with Crippen LogP contribution in [0, 0.1) is 5.21 Å². The van der Waals surface area contributed by atoms with Crippen molar-refractivity contribution in [3.8, 4) is 16.9 Å². The lowest BCUT2D eigenvalue weighted by Gasteiger charge is -2.30. The summed E-state index contributed by atoms with van der Waals surface area (Å²) in [6.07, 6.45) is 1.80. The lowest BCUT2D eigenvalue weighted by molar-refractivity contribution is -0.139. The van der Waals surface area contributed by atoms with Gasteiger partial charge in [-0.05, 0) is 52.0 Å². The standard InChI is InChI=1S/C28H29N4O5/c1-5-36-27(33)23-17(3)29-18(4)24(28(34)37-6-2)25(23)22-16-32(21-13-8-7-9-14-21)30-26(22)19-11-10-12-20(15-19)31-35/h7-16,25,29,31H,5-6H2,1-4H3/q-1. The van der Waals surface area contributed by atoms with E-state index in [2.05, 4.69) is 5.32 Å². The zero-order valence-corrected chi connectivity index (χ0v) is 21.2. The largest absolute Gasteiger partial charge is 0.761 e. The number of allylic oxidation sites excluding steroid dienone is 2. The second-order valence-corrected chi connectivity index (χ2v) is 8.47. The summed E-state index contributed by atoms with van der Waals surface area (Å²) in [5.74, 6) is -1.91. The lowest BCUT2D eigenvalue weighted by Crippen LogP contribution is -2.32. The van der Waals surface area contributed by atoms with Crippen LogP contribution in [-0.4, -0.2) is 34.9 Å². The zero-order chi connectivity index (χ0) is 26.5. The molecular formula is C28H29N4O5-. The van der Waals surface area contributed by atoms with Gasteiger partial charge in [0.05, 0.1) is 41.7 Å². The minimum absolute atomic E-state index is 0.174. The van der Waals surface area contributed by atoms with Gasteiger partial charge in [-0.1, -0.05) is 30.3 Å². The van der Waals surface area contributed by atoms with Crippen LogP contribution in [0.4, 0.5) is 5.69 Å². The van der Waals surface area contributed by atoms with Crippen LogP contribution in [0.5, 0.6) is 0 Å². The minimum Gasteiger partial charge on any atom is -0.761 e. The average Bonchev–Trinajstić information content (AvgIpc) is 3.34. The number of hydrogen-bond acceptors (Lipinski definition) is 8. The molecule has 0 aliphatic carbocycles. The highest BCUT2D eigenvalue weighted by Crippen LogP contribution is 2.43. The molecule has 0 amide bonds. The first kappa shape index (κ1) is 25.7. The number of esters is 2. The minimum atomic E-state index is -0.823. The first-order valence-corrected chi connectivity index (χ1v) is 12.1. The predicted octanol–water partition coefficient (Wildman–Crippen LogP) is 4.81. The van der Waals surface area contributed by atoms with E-state index in [9.17, 15) is 14.8 Å². The maximum Gasteiger partial charge on any atom is 0.336 e. The van der Waals surface area contributed by atoms with Crippen LogP contribution in [0.1, 0.15) is 39.2 Å². The number of rotatable bonds is 8. The number of dihydropyridines is 1. The van der Waals surface area contributed by atoms with E-state index in [-0.39, 0.29) is 13.2 Å². The molecule has 3 aromatic rings. The Morgan fingerprint density at radius 3 is 2.16 bits per heavy atom. The first-order valence-electron chi connectivity index (χ1n) is 12.1. The van der Waals surface area contributed by atoms with E-state index >= 15 is 0 Å². The molecule has 0 fully saturated rings. The summed E-state index contributed by atoms with van der Waals surface area (Å²) in [5, 5.41) is 19.4. The number of benzene rings is 2. The van der Waals surface area contributed by atoms with Crippen LogP contribution >= 0.6 is 0 Å². The van der Waals surface area contributed by atoms with Gasteiger partial charge in [-0.25, -0.2) is 14.3 Å². The fourth-order valence-electron chi connectivity index (χ4n) is 4.53. The van der Waals surface area contributed by atoms with Gasteiger partial charge in [0.2, 0.25) is 0 Å². The molecule has 2 N–H and O–H groups in total. The van der Waals surface area contributed by atoms with E-state index in [1.54, 1.807) is 56.8 Å². The third-order valence-corrected chi connectivity index (χ3v) is 6.08. The Hall–Kier alpha value is -4.37. The van der Waals surface area contributed by atoms with Gasteiger partial charge in [-0.3, -0.25) is 0 Å². The van der Waals surface area contributed by atoms with Gasteiger partial charge in [0.15, 0.2) is 0 Å². The van der Waals surface area contributed by atoms with E-state index in [0.29, 0.717) is 45.0 Å². The average molecular weight is 502 g/mol. The van der Waals surface area contributed by atoms with Crippen molar-refractivity contribution in [3.63, 3.8) is 0 Å². The SMILES string of the molecule is CCOC(=O)C1=C(C)NC(C)=C(C(=O)OCC)C1c1cn(-c2ccccc2)nc1-c1cccc(N[O-])c1. The second kappa shape index (κ2) is 11.1. The van der Waals surface area contributed by atoms with Crippen molar-refractivity contribution in [2.75, 3.05) is 18.7 Å². The number of nitrogens with one attached hydrogen (secondary N) is 2. The Morgan fingerprint density at radius 1 is 0.973 bits per heavy atom. The van der Waals surface area contributed by atoms with Gasteiger partial charge >= 0.3 is 11.9 Å². The normalized spacial score (nSPS) is 13.9. The molecule has 0 unspecified atom stereocenters. The Kier molecular flexibility index (Phi) is 7.74. The summed E-state index contributed by atoms with van der Waals surface area (Å²) in [6.45, 7) is 7.35. The number of ether oxygens (including phenoxy) is 2. The van der Waals surface area contributed by atoms with Gasteiger partial charge in [0.25, 0.3) is 0 Å². The molecule has 2 heterocycles. The molecule has 4 rings (SSSR count). The van der Waals surface area contributed by atoms with Crippen molar-refractivity contribution in [1.82, 2.24) is 15.1 Å². The summed E-state index contributed by atoms with van der Waals surface area (Å²) in [4.78, 5) is 26.6. The summed E-state index contributed by atoms with van der Waals surface area (Å²) in [5.41, 5.74) is 6.55. The molecule has 0 spiro atoms. The van der Waals surface area contributed by atoms with Crippen molar-refractivity contribution >= 4 is 17.6 Å². The molecule has 9 nitrogen and oxygen atoms in total. The lowest BCUT2D eigenvalue weighted by atomic mass is 9.79. The summed E-state index contributed by atoms with van der Waals surface area (Å²) in [7, 11) is 0. The maximum absolute atomic E-state index is 13.3. The third kappa shape index (κ3) is 5.12. The van der Waals surface area contributed by atoms with Crippen LogP contribution in [0.25, 0.3) is 16.9 Å².